The van der Waals surface area contributed by atoms with Crippen molar-refractivity contribution < 1.29 is 13.2 Å². The molecule has 2 unspecified atom stereocenters. The van der Waals surface area contributed by atoms with Gasteiger partial charge >= 0.3 is 6.18 Å². The SMILES string of the molecule is CNC1CCN(c2ccc(Cl)c(C(F)(F)F)c2)CC1C. The van der Waals surface area contributed by atoms with E-state index in [1.165, 1.54) is 6.07 Å². The highest BCUT2D eigenvalue weighted by molar-refractivity contribution is 6.31. The van der Waals surface area contributed by atoms with Gasteiger partial charge in [0.2, 0.25) is 0 Å². The van der Waals surface area contributed by atoms with Gasteiger partial charge in [0.25, 0.3) is 0 Å². The molecule has 112 valence electrons. The second-order valence-corrected chi connectivity index (χ2v) is 5.68. The number of hydrogen-bond donors (Lipinski definition) is 1. The molecule has 1 aliphatic heterocycles. The third kappa shape index (κ3) is 3.20. The van der Waals surface area contributed by atoms with Crippen molar-refractivity contribution in [2.24, 2.45) is 5.92 Å². The van der Waals surface area contributed by atoms with Gasteiger partial charge in [-0.3, -0.25) is 0 Å². The Morgan fingerprint density at radius 1 is 1.35 bits per heavy atom. The molecule has 0 amide bonds. The zero-order valence-electron chi connectivity index (χ0n) is 11.5. The highest BCUT2D eigenvalue weighted by atomic mass is 35.5. The van der Waals surface area contributed by atoms with Gasteiger partial charge in [-0.05, 0) is 37.6 Å². The molecule has 0 aromatic heterocycles. The van der Waals surface area contributed by atoms with Crippen molar-refractivity contribution in [1.82, 2.24) is 5.32 Å². The second-order valence-electron chi connectivity index (χ2n) is 5.27. The van der Waals surface area contributed by atoms with Gasteiger partial charge < -0.3 is 10.2 Å². The number of benzene rings is 1. The van der Waals surface area contributed by atoms with E-state index in [4.69, 9.17) is 11.6 Å². The van der Waals surface area contributed by atoms with Crippen molar-refractivity contribution in [2.75, 3.05) is 25.0 Å². The first-order valence-electron chi connectivity index (χ1n) is 6.62. The molecule has 2 nitrogen and oxygen atoms in total. The Morgan fingerprint density at radius 2 is 2.05 bits per heavy atom. The largest absolute Gasteiger partial charge is 0.417 e. The number of nitrogens with zero attached hydrogens (tertiary/aromatic N) is 1. The van der Waals surface area contributed by atoms with Crippen LogP contribution in [-0.2, 0) is 6.18 Å². The number of halogens is 4. The van der Waals surface area contributed by atoms with Gasteiger partial charge in [0.1, 0.15) is 0 Å². The predicted octanol–water partition coefficient (Wildman–Crippen LogP) is 3.79. The molecule has 0 bridgehead atoms. The van der Waals surface area contributed by atoms with E-state index in [2.05, 4.69) is 12.2 Å². The van der Waals surface area contributed by atoms with E-state index < -0.39 is 11.7 Å². The molecule has 0 saturated carbocycles. The number of nitrogens with one attached hydrogen (secondary N) is 1. The quantitative estimate of drug-likeness (QED) is 0.894. The summed E-state index contributed by atoms with van der Waals surface area (Å²) in [6.45, 7) is 3.59. The molecule has 2 rings (SSSR count). The van der Waals surface area contributed by atoms with Crippen molar-refractivity contribution in [3.8, 4) is 0 Å². The number of rotatable bonds is 2. The van der Waals surface area contributed by atoms with Gasteiger partial charge in [-0.1, -0.05) is 18.5 Å². The lowest BCUT2D eigenvalue weighted by atomic mass is 9.93. The second kappa shape index (κ2) is 5.82. The molecular weight excluding hydrogens is 289 g/mol. The van der Waals surface area contributed by atoms with E-state index in [0.29, 0.717) is 17.6 Å². The Kier molecular flexibility index (Phi) is 4.49. The van der Waals surface area contributed by atoms with Crippen molar-refractivity contribution in [3.63, 3.8) is 0 Å². The fourth-order valence-corrected chi connectivity index (χ4v) is 2.96. The van der Waals surface area contributed by atoms with Gasteiger partial charge in [-0.15, -0.1) is 0 Å². The molecule has 0 aliphatic carbocycles. The van der Waals surface area contributed by atoms with Crippen LogP contribution in [0.1, 0.15) is 18.9 Å². The Morgan fingerprint density at radius 3 is 2.60 bits per heavy atom. The zero-order valence-corrected chi connectivity index (χ0v) is 12.2. The molecule has 1 heterocycles. The van der Waals surface area contributed by atoms with E-state index in [-0.39, 0.29) is 5.02 Å². The fraction of sp³-hybridized carbons (Fsp3) is 0.571. The van der Waals surface area contributed by atoms with Crippen molar-refractivity contribution in [1.29, 1.82) is 0 Å². The maximum absolute atomic E-state index is 12.9. The van der Waals surface area contributed by atoms with Gasteiger partial charge in [-0.2, -0.15) is 13.2 Å². The maximum atomic E-state index is 12.9. The normalized spacial score (nSPS) is 24.0. The third-order valence-corrected chi connectivity index (χ3v) is 4.23. The maximum Gasteiger partial charge on any atom is 0.417 e. The van der Waals surface area contributed by atoms with E-state index in [1.807, 2.05) is 11.9 Å². The Labute approximate surface area is 121 Å². The van der Waals surface area contributed by atoms with Gasteiger partial charge in [0, 0.05) is 24.8 Å². The van der Waals surface area contributed by atoms with Gasteiger partial charge in [-0.25, -0.2) is 0 Å². The summed E-state index contributed by atoms with van der Waals surface area (Å²) in [6.07, 6.45) is -3.50. The molecule has 6 heteroatoms. The molecule has 0 radical (unpaired) electrons. The Hall–Kier alpha value is -0.940. The van der Waals surface area contributed by atoms with Crippen LogP contribution in [0.25, 0.3) is 0 Å². The summed E-state index contributed by atoms with van der Waals surface area (Å²) in [6, 6.07) is 4.55. The van der Waals surface area contributed by atoms with Crippen LogP contribution in [-0.4, -0.2) is 26.2 Å². The van der Waals surface area contributed by atoms with E-state index in [0.717, 1.165) is 25.6 Å². The summed E-state index contributed by atoms with van der Waals surface area (Å²) in [5.41, 5.74) is -0.178. The smallest absolute Gasteiger partial charge is 0.371 e. The Balaban J connectivity index is 2.22. The van der Waals surface area contributed by atoms with Crippen LogP contribution in [0.5, 0.6) is 0 Å². The molecule has 0 spiro atoms. The first-order valence-corrected chi connectivity index (χ1v) is 6.99. The highest BCUT2D eigenvalue weighted by Gasteiger charge is 2.34. The predicted molar refractivity (Wildman–Crippen MR) is 75.3 cm³/mol. The number of hydrogen-bond acceptors (Lipinski definition) is 2. The van der Waals surface area contributed by atoms with Crippen LogP contribution < -0.4 is 10.2 Å². The fourth-order valence-electron chi connectivity index (χ4n) is 2.74. The number of alkyl halides is 3. The summed E-state index contributed by atoms with van der Waals surface area (Å²) in [7, 11) is 1.92. The standard InChI is InChI=1S/C14H18ClF3N2/c1-9-8-20(6-5-13(9)19-2)10-3-4-12(15)11(7-10)14(16,17)18/h3-4,7,9,13,19H,5-6,8H2,1-2H3. The van der Waals surface area contributed by atoms with Crippen LogP contribution in [0, 0.1) is 5.92 Å². The summed E-state index contributed by atoms with van der Waals surface area (Å²) >= 11 is 5.65. The van der Waals surface area contributed by atoms with Crippen LogP contribution in [0.15, 0.2) is 18.2 Å². The van der Waals surface area contributed by atoms with E-state index in [9.17, 15) is 13.2 Å². The molecular formula is C14H18ClF3N2. The summed E-state index contributed by atoms with van der Waals surface area (Å²) in [5.74, 6) is 0.388. The van der Waals surface area contributed by atoms with Gasteiger partial charge in [0.15, 0.2) is 0 Å². The average Bonchev–Trinajstić information content (AvgIpc) is 2.37. The first kappa shape index (κ1) is 15.4. The lowest BCUT2D eigenvalue weighted by Crippen LogP contribution is -2.47. The van der Waals surface area contributed by atoms with Crippen LogP contribution >= 0.6 is 11.6 Å². The topological polar surface area (TPSA) is 15.3 Å². The van der Waals surface area contributed by atoms with Gasteiger partial charge in [0.05, 0.1) is 10.6 Å². The highest BCUT2D eigenvalue weighted by Crippen LogP contribution is 2.37. The molecule has 1 aliphatic rings. The molecule has 1 fully saturated rings. The minimum atomic E-state index is -4.41. The van der Waals surface area contributed by atoms with Crippen LogP contribution in [0.3, 0.4) is 0 Å². The monoisotopic (exact) mass is 306 g/mol. The number of anilines is 1. The molecule has 1 saturated heterocycles. The molecule has 1 aromatic rings. The Bertz CT molecular complexity index is 476. The molecule has 2 atom stereocenters. The molecule has 20 heavy (non-hydrogen) atoms. The van der Waals surface area contributed by atoms with Crippen LogP contribution in [0.2, 0.25) is 5.02 Å². The summed E-state index contributed by atoms with van der Waals surface area (Å²) in [5, 5.41) is 2.99. The average molecular weight is 307 g/mol. The lowest BCUT2D eigenvalue weighted by molar-refractivity contribution is -0.137. The van der Waals surface area contributed by atoms with Crippen LogP contribution in [0.4, 0.5) is 18.9 Å². The zero-order chi connectivity index (χ0) is 14.9. The van der Waals surface area contributed by atoms with E-state index >= 15 is 0 Å². The van der Waals surface area contributed by atoms with E-state index in [1.54, 1.807) is 6.07 Å². The molecule has 1 N–H and O–H groups in total. The van der Waals surface area contributed by atoms with Crippen molar-refractivity contribution >= 4 is 17.3 Å². The lowest BCUT2D eigenvalue weighted by Gasteiger charge is -2.38. The summed E-state index contributed by atoms with van der Waals surface area (Å²) in [4.78, 5) is 1.99. The number of piperidine rings is 1. The minimum absolute atomic E-state index is 0.251. The first-order chi connectivity index (χ1) is 9.32. The third-order valence-electron chi connectivity index (χ3n) is 3.90. The van der Waals surface area contributed by atoms with Crippen molar-refractivity contribution in [2.45, 2.75) is 25.6 Å². The molecule has 1 aromatic carbocycles. The summed E-state index contributed by atoms with van der Waals surface area (Å²) < 4.78 is 38.6. The van der Waals surface area contributed by atoms with Crippen molar-refractivity contribution in [3.05, 3.63) is 28.8 Å². The minimum Gasteiger partial charge on any atom is -0.371 e.